The van der Waals surface area contributed by atoms with Crippen LogP contribution in [0, 0.1) is 0 Å². The first-order valence-corrected chi connectivity index (χ1v) is 19.9. The first kappa shape index (κ1) is 37.3. The highest BCUT2D eigenvalue weighted by Gasteiger charge is 2.24. The van der Waals surface area contributed by atoms with Crippen LogP contribution in [0.2, 0.25) is 0 Å². The monoisotopic (exact) mass is 706 g/mol. The lowest BCUT2D eigenvalue weighted by Crippen LogP contribution is -2.03. The number of hydrogen-bond acceptors (Lipinski definition) is 6. The second kappa shape index (κ2) is 18.3. The second-order valence-corrected chi connectivity index (χ2v) is 14.9. The molecular weight excluding hydrogens is 662 g/mol. The van der Waals surface area contributed by atoms with Gasteiger partial charge in [0.15, 0.2) is 0 Å². The number of rotatable bonds is 17. The van der Waals surface area contributed by atoms with E-state index in [4.69, 9.17) is 18.1 Å². The van der Waals surface area contributed by atoms with Gasteiger partial charge in [0.25, 0.3) is 0 Å². The Kier molecular flexibility index (Phi) is 13.6. The molecule has 0 aliphatic carbocycles. The predicted octanol–water partition coefficient (Wildman–Crippen LogP) is 12.1. The summed E-state index contributed by atoms with van der Waals surface area (Å²) >= 11 is 0. The van der Waals surface area contributed by atoms with Crippen molar-refractivity contribution in [1.82, 2.24) is 0 Å². The molecule has 8 heteroatoms. The Hall–Kier alpha value is -3.99. The third-order valence-electron chi connectivity index (χ3n) is 7.92. The van der Waals surface area contributed by atoms with Crippen molar-refractivity contribution in [1.29, 1.82) is 0 Å². The maximum Gasteiger partial charge on any atom is 0.335 e. The van der Waals surface area contributed by atoms with E-state index >= 15 is 0 Å². The van der Waals surface area contributed by atoms with Gasteiger partial charge in [-0.15, -0.1) is 0 Å². The maximum absolute atomic E-state index is 13.1. The fourth-order valence-corrected chi connectivity index (χ4v) is 8.52. The van der Waals surface area contributed by atoms with Crippen molar-refractivity contribution in [2.45, 2.75) is 33.9 Å². The first-order chi connectivity index (χ1) is 24.4. The lowest BCUT2D eigenvalue weighted by molar-refractivity contribution is 0.104. The van der Waals surface area contributed by atoms with Crippen molar-refractivity contribution in [2.75, 3.05) is 26.4 Å². The number of benzene rings is 5. The molecule has 0 aromatic heterocycles. The van der Waals surface area contributed by atoms with Gasteiger partial charge in [-0.25, -0.2) is 0 Å². The topological polar surface area (TPSA) is 71.1 Å². The Morgan fingerprint density at radius 2 is 1.20 bits per heavy atom. The third kappa shape index (κ3) is 9.62. The van der Waals surface area contributed by atoms with Crippen molar-refractivity contribution in [3.8, 4) is 11.1 Å². The van der Waals surface area contributed by atoms with Crippen LogP contribution < -0.4 is 0 Å². The zero-order chi connectivity index (χ0) is 35.3. The molecule has 0 atom stereocenters. The van der Waals surface area contributed by atoms with Crippen LogP contribution in [0.5, 0.6) is 0 Å². The van der Waals surface area contributed by atoms with E-state index in [1.54, 1.807) is 0 Å². The number of fused-ring (bicyclic) bond motifs is 1. The molecular formula is C42H44O6P2. The summed E-state index contributed by atoms with van der Waals surface area (Å²) in [5, 5.41) is 2.30. The number of carbonyl (C=O) groups is 1. The molecule has 0 fully saturated rings. The van der Waals surface area contributed by atoms with Gasteiger partial charge < -0.3 is 18.1 Å². The molecule has 0 heterocycles. The van der Waals surface area contributed by atoms with E-state index in [0.29, 0.717) is 32.0 Å². The molecule has 0 aliphatic rings. The van der Waals surface area contributed by atoms with Gasteiger partial charge in [-0.2, -0.15) is 0 Å². The van der Waals surface area contributed by atoms with Crippen LogP contribution in [0.4, 0.5) is 0 Å². The van der Waals surface area contributed by atoms with Crippen LogP contribution in [-0.2, 0) is 28.8 Å². The summed E-state index contributed by atoms with van der Waals surface area (Å²) in [4.78, 5) is 13.0. The average Bonchev–Trinajstić information content (AvgIpc) is 3.14. The van der Waals surface area contributed by atoms with Crippen molar-refractivity contribution in [3.63, 3.8) is 0 Å². The van der Waals surface area contributed by atoms with Gasteiger partial charge in [-0.05, 0) is 83.5 Å². The van der Waals surface area contributed by atoms with Crippen LogP contribution in [0.3, 0.4) is 0 Å². The van der Waals surface area contributed by atoms with Crippen molar-refractivity contribution in [3.05, 3.63) is 143 Å². The molecule has 0 unspecified atom stereocenters. The highest BCUT2D eigenvalue weighted by Crippen LogP contribution is 2.51. The largest absolute Gasteiger partial charge is 0.335 e. The van der Waals surface area contributed by atoms with Gasteiger partial charge in [-0.3, -0.25) is 9.36 Å². The molecule has 50 heavy (non-hydrogen) atoms. The summed E-state index contributed by atoms with van der Waals surface area (Å²) in [6.07, 6.45) is 8.69. The summed E-state index contributed by atoms with van der Waals surface area (Å²) in [6, 6.07) is 36.7. The normalized spacial score (nSPS) is 12.1. The third-order valence-corrected chi connectivity index (χ3v) is 11.6. The lowest BCUT2D eigenvalue weighted by Gasteiger charge is -2.17. The molecule has 0 saturated heterocycles. The Balaban J connectivity index is 1.50. The van der Waals surface area contributed by atoms with Gasteiger partial charge >= 0.3 is 7.60 Å². The molecule has 6 nitrogen and oxygen atoms in total. The second-order valence-electron chi connectivity index (χ2n) is 11.4. The van der Waals surface area contributed by atoms with Crippen molar-refractivity contribution in [2.24, 2.45) is 0 Å². The number of hydrogen-bond donors (Lipinski definition) is 0. The molecule has 5 rings (SSSR count). The van der Waals surface area contributed by atoms with Crippen LogP contribution in [0.25, 0.3) is 46.2 Å². The Morgan fingerprint density at radius 3 is 1.80 bits per heavy atom. The molecule has 0 spiro atoms. The molecule has 0 bridgehead atoms. The lowest BCUT2D eigenvalue weighted by atomic mass is 9.90. The Bertz CT molecular complexity index is 1950. The highest BCUT2D eigenvalue weighted by atomic mass is 31.2. The minimum Gasteiger partial charge on any atom is -0.329 e. The van der Waals surface area contributed by atoms with E-state index in [0.717, 1.165) is 49.7 Å². The van der Waals surface area contributed by atoms with Crippen LogP contribution >= 0.6 is 16.0 Å². The first-order valence-electron chi connectivity index (χ1n) is 17.0. The molecule has 0 N–H and O–H groups in total. The molecule has 0 amide bonds. The van der Waals surface area contributed by atoms with E-state index in [1.807, 2.05) is 82.3 Å². The summed E-state index contributed by atoms with van der Waals surface area (Å²) in [6.45, 7) is 8.87. The van der Waals surface area contributed by atoms with Crippen LogP contribution in [0.1, 0.15) is 65.9 Å². The average molecular weight is 707 g/mol. The minimum atomic E-state index is -3.19. The van der Waals surface area contributed by atoms with Crippen molar-refractivity contribution < 1.29 is 27.5 Å². The summed E-state index contributed by atoms with van der Waals surface area (Å²) in [7, 11) is -4.81. The predicted molar refractivity (Wildman–Crippen MR) is 209 cm³/mol. The Morgan fingerprint density at radius 1 is 0.640 bits per heavy atom. The summed E-state index contributed by atoms with van der Waals surface area (Å²) in [5.74, 6) is 0. The van der Waals surface area contributed by atoms with Crippen molar-refractivity contribution >= 4 is 56.6 Å². The van der Waals surface area contributed by atoms with Gasteiger partial charge in [0.05, 0.1) is 32.6 Å². The van der Waals surface area contributed by atoms with Crippen LogP contribution in [0.15, 0.2) is 109 Å². The highest BCUT2D eigenvalue weighted by molar-refractivity contribution is 7.66. The Labute approximate surface area is 297 Å². The SMILES string of the molecule is CCOP(OCC)C(=O)c1ccc(C=Cc2cc(-c3ccccc3)c3ccccc3c2C=Cc2ccc(CP(=O)(OCC)OCC)cc2)cc1. The molecule has 5 aromatic rings. The quantitative estimate of drug-likeness (QED) is 0.0708. The van der Waals surface area contributed by atoms with E-state index in [9.17, 15) is 9.36 Å². The molecule has 5 aromatic carbocycles. The van der Waals surface area contributed by atoms with Gasteiger partial charge in [0, 0.05) is 5.56 Å². The molecule has 0 radical (unpaired) electrons. The zero-order valence-corrected chi connectivity index (χ0v) is 30.9. The van der Waals surface area contributed by atoms with Gasteiger partial charge in [-0.1, -0.05) is 127 Å². The van der Waals surface area contributed by atoms with E-state index in [-0.39, 0.29) is 11.7 Å². The molecule has 0 saturated carbocycles. The standard InChI is InChI=1S/C42H44O6P2/c1-5-45-49(46-6-2)42(43)36-26-22-33(23-27-36)24-28-37-30-41(35-14-10-9-11-15-35)40-17-13-12-16-39(40)38(37)29-25-32-18-20-34(21-19-32)31-50(44,47-7-3)48-8-4/h9-30H,5-8,31H2,1-4H3. The smallest absolute Gasteiger partial charge is 0.329 e. The van der Waals surface area contributed by atoms with E-state index in [2.05, 4.69) is 78.9 Å². The van der Waals surface area contributed by atoms with Gasteiger partial charge in [0.1, 0.15) is 0 Å². The van der Waals surface area contributed by atoms with Crippen LogP contribution in [-0.4, -0.2) is 32.0 Å². The fourth-order valence-electron chi connectivity index (χ4n) is 5.68. The minimum absolute atomic E-state index is 0.126. The maximum atomic E-state index is 13.1. The zero-order valence-electron chi connectivity index (χ0n) is 29.1. The number of carbonyl (C=O) groups excluding carboxylic acids is 1. The molecule has 258 valence electrons. The van der Waals surface area contributed by atoms with E-state index in [1.165, 1.54) is 0 Å². The summed E-state index contributed by atoms with van der Waals surface area (Å²) in [5.41, 5.74) is 7.76. The van der Waals surface area contributed by atoms with Gasteiger partial charge in [0.2, 0.25) is 13.9 Å². The van der Waals surface area contributed by atoms with E-state index < -0.39 is 16.0 Å². The summed E-state index contributed by atoms with van der Waals surface area (Å²) < 4.78 is 35.2. The fraction of sp³-hybridized carbons (Fsp3) is 0.214. The molecule has 0 aliphatic heterocycles.